The normalized spacial score (nSPS) is 24.7. The maximum Gasteiger partial charge on any atom is 0.0762 e. The number of aromatic nitrogens is 1. The summed E-state index contributed by atoms with van der Waals surface area (Å²) >= 11 is 0. The van der Waals surface area contributed by atoms with Gasteiger partial charge in [0.2, 0.25) is 0 Å². The third kappa shape index (κ3) is 3.70. The Labute approximate surface area is 129 Å². The van der Waals surface area contributed by atoms with E-state index in [-0.39, 0.29) is 5.60 Å². The molecule has 0 bridgehead atoms. The zero-order valence-electron chi connectivity index (χ0n) is 13.4. The minimum atomic E-state index is 0.247. The Morgan fingerprint density at radius 2 is 2.14 bits per heavy atom. The van der Waals surface area contributed by atoms with E-state index < -0.39 is 0 Å². The van der Waals surface area contributed by atoms with E-state index in [0.717, 1.165) is 19.6 Å². The highest BCUT2D eigenvalue weighted by Gasteiger charge is 2.40. The molecule has 1 unspecified atom stereocenters. The molecule has 1 atom stereocenters. The third-order valence-electron chi connectivity index (χ3n) is 5.16. The largest absolute Gasteiger partial charge is 0.370 e. The molecule has 0 aromatic carbocycles. The van der Waals surface area contributed by atoms with Crippen LogP contribution < -0.4 is 5.32 Å². The van der Waals surface area contributed by atoms with Gasteiger partial charge in [0.15, 0.2) is 0 Å². The molecule has 2 fully saturated rings. The smallest absolute Gasteiger partial charge is 0.0762 e. The number of nitrogens with one attached hydrogen (secondary N) is 1. The first-order valence-electron chi connectivity index (χ1n) is 8.84. The van der Waals surface area contributed by atoms with Gasteiger partial charge in [-0.25, -0.2) is 0 Å². The van der Waals surface area contributed by atoms with Crippen LogP contribution in [0.1, 0.15) is 64.0 Å². The molecule has 1 aliphatic carbocycles. The second kappa shape index (κ2) is 6.97. The van der Waals surface area contributed by atoms with E-state index >= 15 is 0 Å². The van der Waals surface area contributed by atoms with Gasteiger partial charge in [0.25, 0.3) is 0 Å². The van der Waals surface area contributed by atoms with Gasteiger partial charge in [-0.05, 0) is 50.8 Å². The molecule has 1 aliphatic heterocycles. The summed E-state index contributed by atoms with van der Waals surface area (Å²) in [6.07, 6.45) is 13.0. The van der Waals surface area contributed by atoms with Crippen LogP contribution in [0.5, 0.6) is 0 Å². The van der Waals surface area contributed by atoms with Crippen molar-refractivity contribution in [2.75, 3.05) is 6.54 Å². The van der Waals surface area contributed by atoms with Crippen molar-refractivity contribution < 1.29 is 4.74 Å². The Kier molecular flexibility index (Phi) is 5.02. The van der Waals surface area contributed by atoms with E-state index in [2.05, 4.69) is 35.1 Å². The minimum absolute atomic E-state index is 0.247. The van der Waals surface area contributed by atoms with Crippen molar-refractivity contribution in [2.45, 2.75) is 83.1 Å². The lowest BCUT2D eigenvalue weighted by molar-refractivity contribution is -0.0681. The molecule has 0 radical (unpaired) electrons. The molecule has 3 heteroatoms. The molecule has 118 valence electrons. The molecule has 1 N–H and O–H groups in total. The zero-order valence-corrected chi connectivity index (χ0v) is 13.4. The van der Waals surface area contributed by atoms with Crippen molar-refractivity contribution in [3.63, 3.8) is 0 Å². The molecule has 1 saturated carbocycles. The highest BCUT2D eigenvalue weighted by Crippen LogP contribution is 2.42. The molecule has 3 nitrogen and oxygen atoms in total. The molecule has 1 aromatic heterocycles. The van der Waals surface area contributed by atoms with Crippen molar-refractivity contribution in [2.24, 2.45) is 0 Å². The van der Waals surface area contributed by atoms with Crippen LogP contribution in [0.15, 0.2) is 18.3 Å². The van der Waals surface area contributed by atoms with Crippen LogP contribution in [0.4, 0.5) is 0 Å². The van der Waals surface area contributed by atoms with Crippen molar-refractivity contribution in [3.05, 3.63) is 24.0 Å². The minimum Gasteiger partial charge on any atom is -0.370 e. The van der Waals surface area contributed by atoms with Crippen LogP contribution in [-0.4, -0.2) is 22.8 Å². The van der Waals surface area contributed by atoms with Gasteiger partial charge >= 0.3 is 0 Å². The first-order valence-corrected chi connectivity index (χ1v) is 8.84. The third-order valence-corrected chi connectivity index (χ3v) is 5.16. The molecule has 2 heterocycles. The topological polar surface area (TPSA) is 26.2 Å². The van der Waals surface area contributed by atoms with Crippen LogP contribution in [0.25, 0.3) is 0 Å². The molecule has 3 rings (SSSR count). The predicted molar refractivity (Wildman–Crippen MR) is 86.4 cm³/mol. The second-order valence-electron chi connectivity index (χ2n) is 6.85. The van der Waals surface area contributed by atoms with Gasteiger partial charge in [0, 0.05) is 25.0 Å². The Morgan fingerprint density at radius 1 is 1.29 bits per heavy atom. The fourth-order valence-electron chi connectivity index (χ4n) is 3.99. The Hall–Kier alpha value is -0.800. The lowest BCUT2D eigenvalue weighted by atomic mass is 9.83. The molecule has 0 amide bonds. The number of hydrogen-bond acceptors (Lipinski definition) is 2. The van der Waals surface area contributed by atoms with Gasteiger partial charge < -0.3 is 14.6 Å². The van der Waals surface area contributed by atoms with Gasteiger partial charge in [0.05, 0.1) is 11.7 Å². The van der Waals surface area contributed by atoms with E-state index in [4.69, 9.17) is 4.74 Å². The lowest BCUT2D eigenvalue weighted by Crippen LogP contribution is -2.32. The quantitative estimate of drug-likeness (QED) is 0.805. The summed E-state index contributed by atoms with van der Waals surface area (Å²) in [6.45, 7) is 5.30. The highest BCUT2D eigenvalue weighted by atomic mass is 16.5. The monoisotopic (exact) mass is 290 g/mol. The van der Waals surface area contributed by atoms with Gasteiger partial charge in [-0.3, -0.25) is 0 Å². The second-order valence-corrected chi connectivity index (χ2v) is 6.85. The van der Waals surface area contributed by atoms with Gasteiger partial charge in [0.1, 0.15) is 0 Å². The van der Waals surface area contributed by atoms with Crippen LogP contribution in [0, 0.1) is 0 Å². The standard InChI is InChI=1S/C18H30N2O/c1-2-12-19-14-16-7-6-13-20(16)15-17-8-11-18(21-17)9-4-3-5-10-18/h6-7,13,17,19H,2-5,8-12,14-15H2,1H3. The summed E-state index contributed by atoms with van der Waals surface area (Å²) in [5, 5.41) is 3.50. The highest BCUT2D eigenvalue weighted by molar-refractivity contribution is 5.07. The van der Waals surface area contributed by atoms with Gasteiger partial charge in [-0.1, -0.05) is 26.2 Å². The number of rotatable bonds is 6. The maximum atomic E-state index is 6.50. The maximum absolute atomic E-state index is 6.50. The molecule has 1 saturated heterocycles. The average Bonchev–Trinajstić information content (AvgIpc) is 3.09. The Balaban J connectivity index is 1.54. The first-order chi connectivity index (χ1) is 10.3. The van der Waals surface area contributed by atoms with Crippen LogP contribution in [0.3, 0.4) is 0 Å². The van der Waals surface area contributed by atoms with E-state index in [9.17, 15) is 0 Å². The number of ether oxygens (including phenoxy) is 1. The number of hydrogen-bond donors (Lipinski definition) is 1. The fourth-order valence-corrected chi connectivity index (χ4v) is 3.99. The van der Waals surface area contributed by atoms with Crippen LogP contribution >= 0.6 is 0 Å². The summed E-state index contributed by atoms with van der Waals surface area (Å²) in [5.74, 6) is 0. The van der Waals surface area contributed by atoms with Crippen LogP contribution in [-0.2, 0) is 17.8 Å². The molecular weight excluding hydrogens is 260 g/mol. The summed E-state index contributed by atoms with van der Waals surface area (Å²) in [7, 11) is 0. The van der Waals surface area contributed by atoms with Crippen molar-refractivity contribution >= 4 is 0 Å². The van der Waals surface area contributed by atoms with Crippen molar-refractivity contribution in [3.8, 4) is 0 Å². The molecule has 1 aromatic rings. The first kappa shape index (κ1) is 15.1. The predicted octanol–water partition coefficient (Wildman–Crippen LogP) is 3.87. The summed E-state index contributed by atoms with van der Waals surface area (Å²) in [6, 6.07) is 4.39. The summed E-state index contributed by atoms with van der Waals surface area (Å²) in [4.78, 5) is 0. The van der Waals surface area contributed by atoms with E-state index in [0.29, 0.717) is 6.10 Å². The van der Waals surface area contributed by atoms with E-state index in [1.54, 1.807) is 0 Å². The fraction of sp³-hybridized carbons (Fsp3) is 0.778. The van der Waals surface area contributed by atoms with Gasteiger partial charge in [-0.2, -0.15) is 0 Å². The van der Waals surface area contributed by atoms with E-state index in [1.165, 1.54) is 57.1 Å². The lowest BCUT2D eigenvalue weighted by Gasteiger charge is -2.33. The Morgan fingerprint density at radius 3 is 2.95 bits per heavy atom. The molecule has 21 heavy (non-hydrogen) atoms. The van der Waals surface area contributed by atoms with Gasteiger partial charge in [-0.15, -0.1) is 0 Å². The molecule has 1 spiro atoms. The zero-order chi connectivity index (χ0) is 14.5. The Bertz CT molecular complexity index is 434. The van der Waals surface area contributed by atoms with Crippen LogP contribution in [0.2, 0.25) is 0 Å². The average molecular weight is 290 g/mol. The molecular formula is C18H30N2O. The van der Waals surface area contributed by atoms with E-state index in [1.807, 2.05) is 0 Å². The van der Waals surface area contributed by atoms with Crippen molar-refractivity contribution in [1.82, 2.24) is 9.88 Å². The summed E-state index contributed by atoms with van der Waals surface area (Å²) in [5.41, 5.74) is 1.63. The summed E-state index contributed by atoms with van der Waals surface area (Å²) < 4.78 is 8.89. The number of nitrogens with zero attached hydrogens (tertiary/aromatic N) is 1. The molecule has 2 aliphatic rings. The van der Waals surface area contributed by atoms with Crippen molar-refractivity contribution in [1.29, 1.82) is 0 Å². The SMILES string of the molecule is CCCNCc1cccn1CC1CCC2(CCCCC2)O1.